The van der Waals surface area contributed by atoms with Gasteiger partial charge < -0.3 is 10.6 Å². The third-order valence-electron chi connectivity index (χ3n) is 3.31. The summed E-state index contributed by atoms with van der Waals surface area (Å²) in [6.45, 7) is 0.736. The molecule has 1 saturated carbocycles. The Labute approximate surface area is 126 Å². The molecule has 1 amide bonds. The van der Waals surface area contributed by atoms with Crippen molar-refractivity contribution in [3.63, 3.8) is 0 Å². The third-order valence-corrected chi connectivity index (χ3v) is 3.75. The molecule has 5 heteroatoms. The topological polar surface area (TPSA) is 54.0 Å². The number of hydrogen-bond donors (Lipinski definition) is 2. The number of nitrogens with zero attached hydrogens (tertiary/aromatic N) is 1. The molecule has 2 N–H and O–H groups in total. The molecule has 0 unspecified atom stereocenters. The number of halogens is 1. The summed E-state index contributed by atoms with van der Waals surface area (Å²) in [5.74, 6) is 0.0235. The number of para-hydroxylation sites is 1. The highest BCUT2D eigenvalue weighted by molar-refractivity contribution is 9.10. The summed E-state index contributed by atoms with van der Waals surface area (Å²) in [6.07, 6.45) is 4.71. The summed E-state index contributed by atoms with van der Waals surface area (Å²) in [6, 6.07) is 8.42. The Bertz CT molecular complexity index is 640. The second kappa shape index (κ2) is 5.89. The molecule has 0 spiro atoms. The van der Waals surface area contributed by atoms with Crippen LogP contribution in [0.3, 0.4) is 0 Å². The van der Waals surface area contributed by atoms with E-state index in [-0.39, 0.29) is 5.91 Å². The van der Waals surface area contributed by atoms with Crippen LogP contribution >= 0.6 is 15.9 Å². The summed E-state index contributed by atoms with van der Waals surface area (Å²) >= 11 is 3.40. The van der Waals surface area contributed by atoms with Crippen molar-refractivity contribution in [3.05, 3.63) is 34.9 Å². The van der Waals surface area contributed by atoms with Gasteiger partial charge in [-0.15, -0.1) is 0 Å². The fraction of sp³-hybridized carbons (Fsp3) is 0.333. The van der Waals surface area contributed by atoms with Crippen molar-refractivity contribution in [2.75, 3.05) is 11.9 Å². The molecule has 20 heavy (non-hydrogen) atoms. The van der Waals surface area contributed by atoms with Gasteiger partial charge in [-0.2, -0.15) is 0 Å². The van der Waals surface area contributed by atoms with Crippen LogP contribution in [0.15, 0.2) is 34.9 Å². The maximum atomic E-state index is 11.9. The fourth-order valence-corrected chi connectivity index (χ4v) is 2.47. The first-order valence-corrected chi connectivity index (χ1v) is 7.59. The maximum absolute atomic E-state index is 11.9. The van der Waals surface area contributed by atoms with Crippen LogP contribution in [0.4, 0.5) is 5.69 Å². The molecular weight excluding hydrogens is 318 g/mol. The minimum Gasteiger partial charge on any atom is -0.324 e. The highest BCUT2D eigenvalue weighted by Gasteiger charge is 2.20. The second-order valence-corrected chi connectivity index (χ2v) is 5.97. The van der Waals surface area contributed by atoms with E-state index in [4.69, 9.17) is 0 Å². The van der Waals surface area contributed by atoms with Gasteiger partial charge in [0.05, 0.1) is 11.2 Å². The first-order valence-electron chi connectivity index (χ1n) is 6.80. The molecule has 1 aliphatic rings. The molecule has 2 aromatic rings. The molecule has 1 heterocycles. The Morgan fingerprint density at radius 3 is 3.05 bits per heavy atom. The Morgan fingerprint density at radius 1 is 1.40 bits per heavy atom. The Morgan fingerprint density at radius 2 is 2.25 bits per heavy atom. The van der Waals surface area contributed by atoms with E-state index in [9.17, 15) is 4.79 Å². The number of pyridine rings is 1. The number of carbonyl (C=O) groups is 1. The lowest BCUT2D eigenvalue weighted by atomic mass is 10.2. The molecule has 1 fully saturated rings. The molecule has 1 aliphatic carbocycles. The lowest BCUT2D eigenvalue weighted by molar-refractivity contribution is -0.116. The molecule has 0 atom stereocenters. The standard InChI is InChI=1S/C15H16BrN3O/c16-11-8-10-2-1-3-13(15(10)18-9-11)19-14(20)6-7-17-12-4-5-12/h1-3,8-9,12,17H,4-7H2,(H,19,20). The zero-order valence-corrected chi connectivity index (χ0v) is 12.6. The van der Waals surface area contributed by atoms with Crippen LogP contribution in [0.1, 0.15) is 19.3 Å². The van der Waals surface area contributed by atoms with Gasteiger partial charge in [-0.05, 0) is 40.9 Å². The van der Waals surface area contributed by atoms with Crippen LogP contribution in [0.5, 0.6) is 0 Å². The number of amides is 1. The Balaban J connectivity index is 1.68. The highest BCUT2D eigenvalue weighted by atomic mass is 79.9. The number of anilines is 1. The smallest absolute Gasteiger partial charge is 0.225 e. The summed E-state index contributed by atoms with van der Waals surface area (Å²) in [4.78, 5) is 16.3. The third kappa shape index (κ3) is 3.35. The normalized spacial score (nSPS) is 14.4. The molecule has 1 aromatic heterocycles. The van der Waals surface area contributed by atoms with Crippen LogP contribution in [0.2, 0.25) is 0 Å². The van der Waals surface area contributed by atoms with Crippen molar-refractivity contribution in [2.24, 2.45) is 0 Å². The molecule has 0 aliphatic heterocycles. The zero-order chi connectivity index (χ0) is 13.9. The van der Waals surface area contributed by atoms with Crippen molar-refractivity contribution in [1.82, 2.24) is 10.3 Å². The van der Waals surface area contributed by atoms with E-state index in [1.165, 1.54) is 12.8 Å². The lowest BCUT2D eigenvalue weighted by Gasteiger charge is -2.08. The number of benzene rings is 1. The number of carbonyl (C=O) groups excluding carboxylic acids is 1. The summed E-state index contributed by atoms with van der Waals surface area (Å²) in [5, 5.41) is 7.28. The van der Waals surface area contributed by atoms with Crippen molar-refractivity contribution < 1.29 is 4.79 Å². The van der Waals surface area contributed by atoms with Gasteiger partial charge in [0.2, 0.25) is 5.91 Å². The number of hydrogen-bond acceptors (Lipinski definition) is 3. The molecular formula is C15H16BrN3O. The maximum Gasteiger partial charge on any atom is 0.225 e. The molecule has 4 nitrogen and oxygen atoms in total. The summed E-state index contributed by atoms with van der Waals surface area (Å²) in [5.41, 5.74) is 1.59. The van der Waals surface area contributed by atoms with Gasteiger partial charge >= 0.3 is 0 Å². The van der Waals surface area contributed by atoms with E-state index >= 15 is 0 Å². The average molecular weight is 334 g/mol. The van der Waals surface area contributed by atoms with Crippen molar-refractivity contribution in [3.8, 4) is 0 Å². The van der Waals surface area contributed by atoms with E-state index in [2.05, 4.69) is 31.5 Å². The van der Waals surface area contributed by atoms with Crippen molar-refractivity contribution in [1.29, 1.82) is 0 Å². The minimum atomic E-state index is 0.0235. The number of rotatable bonds is 5. The van der Waals surface area contributed by atoms with E-state index < -0.39 is 0 Å². The van der Waals surface area contributed by atoms with Crippen LogP contribution in [0.25, 0.3) is 10.9 Å². The Kier molecular flexibility index (Phi) is 3.98. The van der Waals surface area contributed by atoms with E-state index in [1.807, 2.05) is 24.3 Å². The monoisotopic (exact) mass is 333 g/mol. The van der Waals surface area contributed by atoms with Gasteiger partial charge in [0.15, 0.2) is 0 Å². The second-order valence-electron chi connectivity index (χ2n) is 5.06. The largest absolute Gasteiger partial charge is 0.324 e. The van der Waals surface area contributed by atoms with Gasteiger partial charge in [0.25, 0.3) is 0 Å². The highest BCUT2D eigenvalue weighted by Crippen LogP contribution is 2.24. The van der Waals surface area contributed by atoms with E-state index in [1.54, 1.807) is 6.20 Å². The van der Waals surface area contributed by atoms with Crippen LogP contribution in [-0.2, 0) is 4.79 Å². The number of nitrogens with one attached hydrogen (secondary N) is 2. The van der Waals surface area contributed by atoms with Crippen LogP contribution in [-0.4, -0.2) is 23.5 Å². The van der Waals surface area contributed by atoms with Gasteiger partial charge in [-0.25, -0.2) is 0 Å². The number of aromatic nitrogens is 1. The average Bonchev–Trinajstić information content (AvgIpc) is 3.23. The zero-order valence-electron chi connectivity index (χ0n) is 11.0. The summed E-state index contributed by atoms with van der Waals surface area (Å²) in [7, 11) is 0. The predicted molar refractivity (Wildman–Crippen MR) is 83.7 cm³/mol. The van der Waals surface area contributed by atoms with Gasteiger partial charge in [0, 0.05) is 35.1 Å². The first kappa shape index (κ1) is 13.5. The SMILES string of the molecule is O=C(CCNC1CC1)Nc1cccc2cc(Br)cnc12. The molecule has 0 bridgehead atoms. The molecule has 3 rings (SSSR count). The Hall–Kier alpha value is -1.46. The van der Waals surface area contributed by atoms with Gasteiger partial charge in [0.1, 0.15) is 0 Å². The van der Waals surface area contributed by atoms with Crippen LogP contribution in [0, 0.1) is 0 Å². The lowest BCUT2D eigenvalue weighted by Crippen LogP contribution is -2.23. The van der Waals surface area contributed by atoms with Gasteiger partial charge in [-0.3, -0.25) is 9.78 Å². The van der Waals surface area contributed by atoms with E-state index in [0.29, 0.717) is 12.5 Å². The van der Waals surface area contributed by atoms with E-state index in [0.717, 1.165) is 27.6 Å². The fourth-order valence-electron chi connectivity index (χ4n) is 2.12. The first-order chi connectivity index (χ1) is 9.72. The molecule has 104 valence electrons. The molecule has 0 saturated heterocycles. The van der Waals surface area contributed by atoms with Crippen molar-refractivity contribution >= 4 is 38.4 Å². The van der Waals surface area contributed by atoms with Gasteiger partial charge in [-0.1, -0.05) is 12.1 Å². The molecule has 1 aromatic carbocycles. The predicted octanol–water partition coefficient (Wildman–Crippen LogP) is 3.08. The summed E-state index contributed by atoms with van der Waals surface area (Å²) < 4.78 is 0.933. The van der Waals surface area contributed by atoms with Crippen molar-refractivity contribution in [2.45, 2.75) is 25.3 Å². The number of fused-ring (bicyclic) bond motifs is 1. The van der Waals surface area contributed by atoms with Crippen LogP contribution < -0.4 is 10.6 Å². The minimum absolute atomic E-state index is 0.0235. The molecule has 0 radical (unpaired) electrons. The quantitative estimate of drug-likeness (QED) is 0.884.